The number of nitrogen functional groups attached to an aromatic ring is 1. The van der Waals surface area contributed by atoms with Crippen LogP contribution in [0.3, 0.4) is 0 Å². The summed E-state index contributed by atoms with van der Waals surface area (Å²) < 4.78 is 51.8. The van der Waals surface area contributed by atoms with Crippen LogP contribution in [0.5, 0.6) is 0 Å². The van der Waals surface area contributed by atoms with Gasteiger partial charge < -0.3 is 35.2 Å². The maximum atomic E-state index is 12.8. The second-order valence-electron chi connectivity index (χ2n) is 16.3. The summed E-state index contributed by atoms with van der Waals surface area (Å²) in [7, 11) is -10.6. The van der Waals surface area contributed by atoms with Gasteiger partial charge in [0.15, 0.2) is 6.23 Å². The molecule has 0 spiro atoms. The average molecular weight is 928 g/mol. The van der Waals surface area contributed by atoms with Gasteiger partial charge in [-0.15, -0.1) is 0 Å². The lowest BCUT2D eigenvalue weighted by Gasteiger charge is -2.21. The first-order valence-corrected chi connectivity index (χ1v) is 27.2. The molecule has 1 aliphatic heterocycles. The number of aliphatic hydroxyl groups is 2. The molecule has 1 aromatic heterocycles. The number of phosphoric ester groups is 2. The van der Waals surface area contributed by atoms with Crippen LogP contribution in [0.4, 0.5) is 5.82 Å². The Morgan fingerprint density at radius 1 is 0.770 bits per heavy atom. The van der Waals surface area contributed by atoms with Crippen molar-refractivity contribution in [3.8, 4) is 0 Å². The van der Waals surface area contributed by atoms with Gasteiger partial charge in [0.05, 0.1) is 13.2 Å². The number of anilines is 1. The van der Waals surface area contributed by atoms with Crippen molar-refractivity contribution in [3.05, 3.63) is 22.7 Å². The summed E-state index contributed by atoms with van der Waals surface area (Å²) in [5.41, 5.74) is 4.62. The molecule has 2 heterocycles. The molecule has 356 valence electrons. The molecule has 0 aromatic carbocycles. The molecule has 1 aliphatic rings. The number of nitrogens with zero attached hydrogens (tertiary/aromatic N) is 2. The summed E-state index contributed by atoms with van der Waals surface area (Å²) in [5, 5.41) is 20.9. The lowest BCUT2D eigenvalue weighted by Crippen LogP contribution is -2.36. The Morgan fingerprint density at radius 2 is 1.25 bits per heavy atom. The van der Waals surface area contributed by atoms with E-state index in [2.05, 4.69) is 23.1 Å². The lowest BCUT2D eigenvalue weighted by atomic mass is 10.0. The first-order chi connectivity index (χ1) is 29.3. The number of nitrogens with two attached hydrogens (primary N) is 1. The molecule has 19 heteroatoms. The van der Waals surface area contributed by atoms with Crippen LogP contribution < -0.4 is 11.4 Å². The van der Waals surface area contributed by atoms with Crippen LogP contribution in [-0.2, 0) is 36.8 Å². The summed E-state index contributed by atoms with van der Waals surface area (Å²) in [5.74, 6) is 0.539. The highest BCUT2D eigenvalue weighted by atomic mass is 32.2. The third kappa shape index (κ3) is 26.3. The van der Waals surface area contributed by atoms with E-state index in [0.29, 0.717) is 6.42 Å². The molecule has 1 aromatic rings. The van der Waals surface area contributed by atoms with E-state index in [1.807, 2.05) is 0 Å². The SMILES string of the molecule is CCCCCCCCCCCCCCCCCCSCC(COP(=O)(O)OP(=O)(O)OC[C@H]1OC(n2ccc(N)nc2=O)[C@@H](O)[C@@H]1O)OC(=O)CCCCCCCCCCC. The highest BCUT2D eigenvalue weighted by Gasteiger charge is 2.46. The minimum absolute atomic E-state index is 0.0777. The fourth-order valence-electron chi connectivity index (χ4n) is 7.15. The number of ether oxygens (including phenoxy) is 2. The van der Waals surface area contributed by atoms with Crippen molar-refractivity contribution in [2.45, 2.75) is 211 Å². The summed E-state index contributed by atoms with van der Waals surface area (Å²) >= 11 is 1.53. The molecule has 0 amide bonds. The van der Waals surface area contributed by atoms with Gasteiger partial charge in [0.2, 0.25) is 0 Å². The number of rotatable bonds is 39. The van der Waals surface area contributed by atoms with Crippen LogP contribution in [0.15, 0.2) is 17.1 Å². The van der Waals surface area contributed by atoms with E-state index in [4.69, 9.17) is 24.3 Å². The van der Waals surface area contributed by atoms with E-state index < -0.39 is 71.2 Å². The van der Waals surface area contributed by atoms with Gasteiger partial charge in [-0.05, 0) is 24.7 Å². The van der Waals surface area contributed by atoms with Crippen LogP contribution >= 0.6 is 27.4 Å². The van der Waals surface area contributed by atoms with Crippen LogP contribution in [0.1, 0.15) is 187 Å². The quantitative estimate of drug-likeness (QED) is 0.0235. The van der Waals surface area contributed by atoms with Gasteiger partial charge in [-0.25, -0.2) is 13.9 Å². The molecule has 1 saturated heterocycles. The zero-order valence-electron chi connectivity index (χ0n) is 37.0. The maximum absolute atomic E-state index is 12.8. The Kier molecular flexibility index (Phi) is 30.3. The van der Waals surface area contributed by atoms with E-state index in [9.17, 15) is 38.7 Å². The number of esters is 1. The smallest absolute Gasteiger partial charge is 0.459 e. The van der Waals surface area contributed by atoms with Gasteiger partial charge in [0, 0.05) is 18.4 Å². The normalized spacial score (nSPS) is 20.4. The van der Waals surface area contributed by atoms with Gasteiger partial charge in [-0.1, -0.05) is 162 Å². The summed E-state index contributed by atoms with van der Waals surface area (Å²) in [6.07, 6.45) is 24.5. The predicted molar refractivity (Wildman–Crippen MR) is 240 cm³/mol. The lowest BCUT2D eigenvalue weighted by molar-refractivity contribution is -0.149. The number of phosphoric acid groups is 2. The number of hydrogen-bond donors (Lipinski definition) is 5. The van der Waals surface area contributed by atoms with Crippen LogP contribution in [-0.4, -0.2) is 84.7 Å². The first-order valence-electron chi connectivity index (χ1n) is 23.1. The number of aromatic nitrogens is 2. The van der Waals surface area contributed by atoms with Gasteiger partial charge in [0.1, 0.15) is 30.2 Å². The Hall–Kier alpha value is -1.36. The van der Waals surface area contributed by atoms with Crippen molar-refractivity contribution in [3.63, 3.8) is 0 Å². The fourth-order valence-corrected chi connectivity index (χ4v) is 10.3. The summed E-state index contributed by atoms with van der Waals surface area (Å²) in [6, 6.07) is 1.27. The van der Waals surface area contributed by atoms with Gasteiger partial charge in [-0.3, -0.25) is 18.4 Å². The zero-order chi connectivity index (χ0) is 44.8. The second-order valence-corrected chi connectivity index (χ2v) is 20.5. The van der Waals surface area contributed by atoms with E-state index in [1.165, 1.54) is 140 Å². The molecule has 4 unspecified atom stereocenters. The number of thioether (sulfide) groups is 1. The van der Waals surface area contributed by atoms with Crippen molar-refractivity contribution in [2.75, 3.05) is 30.5 Å². The first kappa shape index (κ1) is 55.8. The van der Waals surface area contributed by atoms with Crippen LogP contribution in [0, 0.1) is 0 Å². The predicted octanol–water partition coefficient (Wildman–Crippen LogP) is 9.52. The molecular weight excluding hydrogens is 848 g/mol. The third-order valence-electron chi connectivity index (χ3n) is 10.7. The highest BCUT2D eigenvalue weighted by Crippen LogP contribution is 2.60. The number of hydrogen-bond acceptors (Lipinski definition) is 14. The molecule has 0 radical (unpaired) electrons. The van der Waals surface area contributed by atoms with Crippen molar-refractivity contribution < 1.29 is 56.8 Å². The van der Waals surface area contributed by atoms with Gasteiger partial charge >= 0.3 is 27.3 Å². The highest BCUT2D eigenvalue weighted by molar-refractivity contribution is 7.99. The molecule has 7 atom stereocenters. The summed E-state index contributed by atoms with van der Waals surface area (Å²) in [4.78, 5) is 49.1. The Bertz CT molecular complexity index is 1460. The Balaban J connectivity index is 1.76. The average Bonchev–Trinajstić information content (AvgIpc) is 3.49. The van der Waals surface area contributed by atoms with Gasteiger partial charge in [-0.2, -0.15) is 21.1 Å². The second kappa shape index (κ2) is 33.2. The monoisotopic (exact) mass is 927 g/mol. The molecule has 6 N–H and O–H groups in total. The minimum Gasteiger partial charge on any atom is -0.459 e. The van der Waals surface area contributed by atoms with E-state index >= 15 is 0 Å². The molecule has 1 fully saturated rings. The van der Waals surface area contributed by atoms with Crippen LogP contribution in [0.2, 0.25) is 0 Å². The summed E-state index contributed by atoms with van der Waals surface area (Å²) in [6.45, 7) is 2.98. The number of carbonyl (C=O) groups is 1. The van der Waals surface area contributed by atoms with E-state index in [1.54, 1.807) is 0 Å². The molecule has 0 bridgehead atoms. The molecule has 2 rings (SSSR count). The standard InChI is InChI=1S/C42H79N3O13P2S/c1-3-5-7-9-11-13-14-15-16-17-18-19-21-23-25-27-31-61-34-35(56-38(46)28-26-24-22-20-12-10-8-6-4-2)32-54-59(50,51)58-60(52,53)55-33-36-39(47)40(48)41(57-36)45-30-29-37(43)44-42(45)49/h29-30,35-36,39-41,47-48H,3-28,31-34H2,1-2H3,(H,50,51)(H,52,53)(H2,43,44,49)/t35?,36-,39-,40+,41?/m1/s1. The van der Waals surface area contributed by atoms with Crippen molar-refractivity contribution in [1.82, 2.24) is 9.55 Å². The minimum atomic E-state index is -5.32. The third-order valence-corrected chi connectivity index (χ3v) is 14.5. The Morgan fingerprint density at radius 3 is 1.75 bits per heavy atom. The van der Waals surface area contributed by atoms with Crippen molar-refractivity contribution in [2.24, 2.45) is 0 Å². The van der Waals surface area contributed by atoms with Crippen LogP contribution in [0.25, 0.3) is 0 Å². The molecule has 61 heavy (non-hydrogen) atoms. The molecule has 0 aliphatic carbocycles. The topological polar surface area (TPSA) is 239 Å². The van der Waals surface area contributed by atoms with Crippen molar-refractivity contribution >= 4 is 39.2 Å². The zero-order valence-corrected chi connectivity index (χ0v) is 39.6. The number of unbranched alkanes of at least 4 members (excludes halogenated alkanes) is 23. The van der Waals surface area contributed by atoms with E-state index in [-0.39, 0.29) is 18.0 Å². The van der Waals surface area contributed by atoms with E-state index in [0.717, 1.165) is 48.8 Å². The fraction of sp³-hybridized carbons (Fsp3) is 0.881. The molecule has 0 saturated carbocycles. The Labute approximate surface area is 369 Å². The largest absolute Gasteiger partial charge is 0.481 e. The number of aliphatic hydroxyl groups excluding tert-OH is 2. The molecule has 16 nitrogen and oxygen atoms in total. The number of carbonyl (C=O) groups excluding carboxylic acids is 1. The van der Waals surface area contributed by atoms with Crippen molar-refractivity contribution in [1.29, 1.82) is 0 Å². The van der Waals surface area contributed by atoms with Gasteiger partial charge in [0.25, 0.3) is 0 Å². The maximum Gasteiger partial charge on any atom is 0.481 e. The molecular formula is C42H79N3O13P2S.